The largest absolute Gasteiger partial charge is 0.469 e. The van der Waals surface area contributed by atoms with Gasteiger partial charge in [-0.05, 0) is 77.0 Å². The fraction of sp³-hybridized carbons (Fsp3) is 0.684. The van der Waals surface area contributed by atoms with Crippen LogP contribution < -0.4 is 0 Å². The molecule has 2 bridgehead atoms. The molecular formula is C38H58O8. The van der Waals surface area contributed by atoms with E-state index in [1.54, 1.807) is 0 Å². The number of ether oxygens (including phenoxy) is 4. The van der Waals surface area contributed by atoms with E-state index in [0.717, 1.165) is 31.3 Å². The molecule has 7 atom stereocenters. The number of allylic oxidation sites excluding steroid dienone is 8. The maximum absolute atomic E-state index is 12.6. The summed E-state index contributed by atoms with van der Waals surface area (Å²) in [4.78, 5) is 49.4. The van der Waals surface area contributed by atoms with E-state index in [9.17, 15) is 19.2 Å². The third kappa shape index (κ3) is 8.21. The van der Waals surface area contributed by atoms with Crippen molar-refractivity contribution >= 4 is 23.9 Å². The van der Waals surface area contributed by atoms with Gasteiger partial charge < -0.3 is 18.9 Å². The van der Waals surface area contributed by atoms with Crippen LogP contribution in [0.15, 0.2) is 47.1 Å². The Morgan fingerprint density at radius 3 is 2.00 bits per heavy atom. The molecule has 7 unspecified atom stereocenters. The van der Waals surface area contributed by atoms with Gasteiger partial charge in [0.05, 0.1) is 52.1 Å². The monoisotopic (exact) mass is 642 g/mol. The molecule has 4 rings (SSSR count). The van der Waals surface area contributed by atoms with Crippen LogP contribution in [-0.4, -0.2) is 52.3 Å². The van der Waals surface area contributed by atoms with Gasteiger partial charge in [0, 0.05) is 11.3 Å². The molecule has 8 heteroatoms. The molecule has 1 saturated carbocycles. The molecule has 0 heterocycles. The van der Waals surface area contributed by atoms with Gasteiger partial charge in [0.1, 0.15) is 0 Å². The molecule has 46 heavy (non-hydrogen) atoms. The Bertz CT molecular complexity index is 1250. The summed E-state index contributed by atoms with van der Waals surface area (Å²) in [5.74, 6) is -2.19. The lowest BCUT2D eigenvalue weighted by molar-refractivity contribution is -0.178. The molecule has 8 nitrogen and oxygen atoms in total. The highest BCUT2D eigenvalue weighted by atomic mass is 16.5. The Hall–Kier alpha value is -3.16. The molecule has 0 saturated heterocycles. The summed E-state index contributed by atoms with van der Waals surface area (Å²) < 4.78 is 19.9. The Morgan fingerprint density at radius 2 is 1.52 bits per heavy atom. The van der Waals surface area contributed by atoms with Crippen molar-refractivity contribution in [2.24, 2.45) is 45.8 Å². The van der Waals surface area contributed by atoms with Crippen LogP contribution in [0.4, 0.5) is 0 Å². The summed E-state index contributed by atoms with van der Waals surface area (Å²) in [6.07, 6.45) is 15.4. The topological polar surface area (TPSA) is 105 Å². The SMILES string of the molecule is COC(=O)C1C(/C=C(\C)CCC=C(C)C)C=C(C)C(C)C1C(=O)OC.COC(=O)CC1(C(=O)OC)CC2(C(C)C)C=CC1(C)CC2. The van der Waals surface area contributed by atoms with Gasteiger partial charge in [-0.2, -0.15) is 0 Å². The number of hydrogen-bond acceptors (Lipinski definition) is 8. The van der Waals surface area contributed by atoms with Crippen molar-refractivity contribution in [3.63, 3.8) is 0 Å². The Labute approximate surface area is 277 Å². The zero-order valence-electron chi connectivity index (χ0n) is 30.3. The van der Waals surface area contributed by atoms with E-state index >= 15 is 0 Å². The summed E-state index contributed by atoms with van der Waals surface area (Å²) in [5, 5.41) is 0. The van der Waals surface area contributed by atoms with Gasteiger partial charge >= 0.3 is 23.9 Å². The first-order valence-electron chi connectivity index (χ1n) is 16.5. The molecule has 258 valence electrons. The minimum atomic E-state index is -0.813. The molecule has 4 aliphatic carbocycles. The van der Waals surface area contributed by atoms with Crippen LogP contribution in [0.2, 0.25) is 0 Å². The number of carbonyl (C=O) groups is 4. The molecule has 0 N–H and O–H groups in total. The zero-order chi connectivity index (χ0) is 35.0. The van der Waals surface area contributed by atoms with Crippen molar-refractivity contribution in [1.82, 2.24) is 0 Å². The van der Waals surface area contributed by atoms with E-state index in [1.165, 1.54) is 39.6 Å². The van der Waals surface area contributed by atoms with Crippen LogP contribution >= 0.6 is 0 Å². The lowest BCUT2D eigenvalue weighted by Gasteiger charge is -2.59. The highest BCUT2D eigenvalue weighted by Crippen LogP contribution is 2.65. The van der Waals surface area contributed by atoms with Crippen LogP contribution in [-0.2, 0) is 38.1 Å². The third-order valence-electron chi connectivity index (χ3n) is 11.0. The molecule has 4 aliphatic rings. The van der Waals surface area contributed by atoms with Crippen molar-refractivity contribution < 1.29 is 38.1 Å². The molecular weight excluding hydrogens is 584 g/mol. The van der Waals surface area contributed by atoms with Gasteiger partial charge in [-0.25, -0.2) is 0 Å². The summed E-state index contributed by atoms with van der Waals surface area (Å²) in [6, 6.07) is 0. The van der Waals surface area contributed by atoms with E-state index < -0.39 is 17.3 Å². The van der Waals surface area contributed by atoms with Gasteiger partial charge in [-0.1, -0.05) is 74.8 Å². The number of methoxy groups -OCH3 is 4. The van der Waals surface area contributed by atoms with Gasteiger partial charge in [0.15, 0.2) is 0 Å². The van der Waals surface area contributed by atoms with E-state index in [2.05, 4.69) is 71.9 Å². The Kier molecular flexibility index (Phi) is 13.7. The maximum Gasteiger partial charge on any atom is 0.313 e. The van der Waals surface area contributed by atoms with Gasteiger partial charge in [-0.3, -0.25) is 19.2 Å². The van der Waals surface area contributed by atoms with Crippen molar-refractivity contribution in [3.05, 3.63) is 47.1 Å². The van der Waals surface area contributed by atoms with Crippen LogP contribution in [0.3, 0.4) is 0 Å². The number of esters is 4. The van der Waals surface area contributed by atoms with Crippen molar-refractivity contribution in [3.8, 4) is 0 Å². The molecule has 0 aliphatic heterocycles. The van der Waals surface area contributed by atoms with Crippen LogP contribution in [0.25, 0.3) is 0 Å². The number of carbonyl (C=O) groups excluding carboxylic acids is 4. The summed E-state index contributed by atoms with van der Waals surface area (Å²) in [7, 11) is 5.51. The van der Waals surface area contributed by atoms with Crippen LogP contribution in [0.5, 0.6) is 0 Å². The Balaban J connectivity index is 0.000000324. The van der Waals surface area contributed by atoms with E-state index in [-0.39, 0.29) is 53.0 Å². The van der Waals surface area contributed by atoms with Gasteiger partial charge in [0.2, 0.25) is 0 Å². The second-order valence-electron chi connectivity index (χ2n) is 14.3. The third-order valence-corrected chi connectivity index (χ3v) is 11.0. The first kappa shape index (κ1) is 39.0. The lowest BCUT2D eigenvalue weighted by Crippen LogP contribution is -2.57. The quantitative estimate of drug-likeness (QED) is 0.136. The number of fused-ring (bicyclic) bond motifs is 2. The zero-order valence-corrected chi connectivity index (χ0v) is 30.3. The molecule has 0 spiro atoms. The predicted octanol–water partition coefficient (Wildman–Crippen LogP) is 7.58. The molecule has 0 aromatic heterocycles. The highest BCUT2D eigenvalue weighted by Gasteiger charge is 2.63. The average molecular weight is 643 g/mol. The second-order valence-corrected chi connectivity index (χ2v) is 14.3. The van der Waals surface area contributed by atoms with Gasteiger partial charge in [0.25, 0.3) is 0 Å². The first-order valence-corrected chi connectivity index (χ1v) is 16.5. The van der Waals surface area contributed by atoms with Crippen molar-refractivity contribution in [2.45, 2.75) is 93.9 Å². The minimum absolute atomic E-state index is 0.0278. The summed E-state index contributed by atoms with van der Waals surface area (Å²) in [6.45, 7) is 16.6. The van der Waals surface area contributed by atoms with Gasteiger partial charge in [-0.15, -0.1) is 0 Å². The smallest absolute Gasteiger partial charge is 0.313 e. The average Bonchev–Trinajstić information content (AvgIpc) is 3.01. The normalized spacial score (nSPS) is 31.6. The fourth-order valence-corrected chi connectivity index (χ4v) is 7.63. The second kappa shape index (κ2) is 16.1. The molecule has 0 radical (unpaired) electrons. The standard InChI is InChI=1S/C21H32O4.C17H26O4/c1-13(2)9-8-10-14(3)11-17-12-15(4)16(5)18(20(22)24-6)19(17)21(23)25-7;1-12(2)16-8-6-15(3,7-9-16)17(11-16,14(19)21-5)10-13(18)20-4/h9,11-12,16-19H,8,10H2,1-7H3;6,8,12H,7,9-11H2,1-5H3/b14-11+;. The van der Waals surface area contributed by atoms with E-state index in [4.69, 9.17) is 18.9 Å². The van der Waals surface area contributed by atoms with Crippen molar-refractivity contribution in [1.29, 1.82) is 0 Å². The molecule has 1 fully saturated rings. The predicted molar refractivity (Wildman–Crippen MR) is 179 cm³/mol. The number of rotatable bonds is 10. The fourth-order valence-electron chi connectivity index (χ4n) is 7.63. The van der Waals surface area contributed by atoms with Crippen LogP contribution in [0.1, 0.15) is 93.9 Å². The highest BCUT2D eigenvalue weighted by molar-refractivity contribution is 5.85. The van der Waals surface area contributed by atoms with E-state index in [1.807, 2.05) is 13.8 Å². The summed E-state index contributed by atoms with van der Waals surface area (Å²) >= 11 is 0. The summed E-state index contributed by atoms with van der Waals surface area (Å²) in [5.41, 5.74) is 2.43. The van der Waals surface area contributed by atoms with E-state index in [0.29, 0.717) is 12.3 Å². The Morgan fingerprint density at radius 1 is 0.913 bits per heavy atom. The molecule has 0 amide bonds. The minimum Gasteiger partial charge on any atom is -0.469 e. The molecule has 0 aromatic carbocycles. The number of hydrogen-bond donors (Lipinski definition) is 0. The van der Waals surface area contributed by atoms with Crippen LogP contribution in [0, 0.1) is 45.8 Å². The van der Waals surface area contributed by atoms with Crippen molar-refractivity contribution in [2.75, 3.05) is 28.4 Å². The lowest BCUT2D eigenvalue weighted by atomic mass is 9.43. The first-order chi connectivity index (χ1) is 21.5. The molecule has 0 aromatic rings. The maximum atomic E-state index is 12.6.